The lowest BCUT2D eigenvalue weighted by Gasteiger charge is -2.36. The molecule has 1 aromatic rings. The van der Waals surface area contributed by atoms with Gasteiger partial charge in [-0.3, -0.25) is 4.90 Å². The summed E-state index contributed by atoms with van der Waals surface area (Å²) in [7, 11) is 0. The number of hydrogen-bond acceptors (Lipinski definition) is 3. The van der Waals surface area contributed by atoms with Crippen LogP contribution >= 0.6 is 27.3 Å². The summed E-state index contributed by atoms with van der Waals surface area (Å²) in [6.45, 7) is 6.54. The lowest BCUT2D eigenvalue weighted by atomic mass is 9.98. The molecule has 1 amide bonds. The number of nitrogens with zero attached hydrogens (tertiary/aromatic N) is 1. The minimum atomic E-state index is -0.429. The third-order valence-corrected chi connectivity index (χ3v) is 5.49. The van der Waals surface area contributed by atoms with E-state index in [0.717, 1.165) is 13.0 Å². The van der Waals surface area contributed by atoms with E-state index in [1.54, 1.807) is 11.3 Å². The van der Waals surface area contributed by atoms with Crippen LogP contribution in [-0.2, 0) is 11.2 Å². The summed E-state index contributed by atoms with van der Waals surface area (Å²) in [4.78, 5) is 15.8. The second-order valence-corrected chi connectivity index (χ2v) is 9.11. The maximum Gasteiger partial charge on any atom is 0.410 e. The van der Waals surface area contributed by atoms with Crippen LogP contribution in [-0.4, -0.2) is 23.1 Å². The standard InChI is InChI=1S/C15H20BrNO2S/c1-15(2,3)19-14(18)17-7-6-10-8-11(16)20-13(10)12(17)9-4-5-9/h8-9,12H,4-7H2,1-3H3. The van der Waals surface area contributed by atoms with Gasteiger partial charge in [-0.25, -0.2) is 4.79 Å². The first-order valence-electron chi connectivity index (χ1n) is 7.13. The van der Waals surface area contributed by atoms with E-state index < -0.39 is 5.60 Å². The maximum absolute atomic E-state index is 12.5. The van der Waals surface area contributed by atoms with E-state index in [1.807, 2.05) is 25.7 Å². The maximum atomic E-state index is 12.5. The Hall–Kier alpha value is -0.550. The first kappa shape index (κ1) is 14.4. The van der Waals surface area contributed by atoms with Crippen molar-refractivity contribution in [2.45, 2.75) is 51.7 Å². The van der Waals surface area contributed by atoms with Gasteiger partial charge in [-0.2, -0.15) is 0 Å². The molecular weight excluding hydrogens is 338 g/mol. The van der Waals surface area contributed by atoms with E-state index in [9.17, 15) is 4.79 Å². The smallest absolute Gasteiger partial charge is 0.410 e. The Morgan fingerprint density at radius 3 is 2.75 bits per heavy atom. The number of carbonyl (C=O) groups is 1. The summed E-state index contributed by atoms with van der Waals surface area (Å²) >= 11 is 5.35. The van der Waals surface area contributed by atoms with Gasteiger partial charge in [0.1, 0.15) is 5.60 Å². The first-order valence-corrected chi connectivity index (χ1v) is 8.74. The van der Waals surface area contributed by atoms with Gasteiger partial charge in [0.05, 0.1) is 9.83 Å². The van der Waals surface area contributed by atoms with Crippen LogP contribution in [0.3, 0.4) is 0 Å². The Morgan fingerprint density at radius 1 is 1.45 bits per heavy atom. The Labute approximate surface area is 132 Å². The summed E-state index contributed by atoms with van der Waals surface area (Å²) < 4.78 is 6.75. The van der Waals surface area contributed by atoms with Gasteiger partial charge in [0.15, 0.2) is 0 Å². The van der Waals surface area contributed by atoms with Crippen LogP contribution in [0.1, 0.15) is 50.1 Å². The van der Waals surface area contributed by atoms with Crippen LogP contribution < -0.4 is 0 Å². The highest BCUT2D eigenvalue weighted by Gasteiger charge is 2.43. The third kappa shape index (κ3) is 2.89. The van der Waals surface area contributed by atoms with Crippen LogP contribution in [0, 0.1) is 5.92 Å². The predicted octanol–water partition coefficient (Wildman–Crippen LogP) is 4.75. The number of amides is 1. The summed E-state index contributed by atoms with van der Waals surface area (Å²) in [6.07, 6.45) is 3.21. The van der Waals surface area contributed by atoms with Crippen molar-refractivity contribution in [1.29, 1.82) is 0 Å². The van der Waals surface area contributed by atoms with Crippen LogP contribution in [0.15, 0.2) is 9.85 Å². The van der Waals surface area contributed by atoms with Gasteiger partial charge >= 0.3 is 6.09 Å². The number of halogens is 1. The molecular formula is C15H20BrNO2S. The van der Waals surface area contributed by atoms with E-state index in [0.29, 0.717) is 5.92 Å². The van der Waals surface area contributed by atoms with Gasteiger partial charge in [0.2, 0.25) is 0 Å². The molecule has 1 aliphatic carbocycles. The minimum absolute atomic E-state index is 0.162. The zero-order valence-corrected chi connectivity index (χ0v) is 14.5. The van der Waals surface area contributed by atoms with E-state index in [-0.39, 0.29) is 12.1 Å². The summed E-state index contributed by atoms with van der Waals surface area (Å²) in [5.74, 6) is 0.618. The molecule has 5 heteroatoms. The number of rotatable bonds is 1. The topological polar surface area (TPSA) is 29.5 Å². The average molecular weight is 358 g/mol. The SMILES string of the molecule is CC(C)(C)OC(=O)N1CCc2cc(Br)sc2C1C1CC1. The molecule has 0 aromatic carbocycles. The van der Waals surface area contributed by atoms with Gasteiger partial charge < -0.3 is 4.74 Å². The van der Waals surface area contributed by atoms with Crippen molar-refractivity contribution in [3.05, 3.63) is 20.3 Å². The molecule has 0 bridgehead atoms. The molecule has 2 heterocycles. The van der Waals surface area contributed by atoms with E-state index in [4.69, 9.17) is 4.74 Å². The fourth-order valence-electron chi connectivity index (χ4n) is 2.78. The van der Waals surface area contributed by atoms with Crippen molar-refractivity contribution in [3.63, 3.8) is 0 Å². The zero-order valence-electron chi connectivity index (χ0n) is 12.1. The molecule has 20 heavy (non-hydrogen) atoms. The largest absolute Gasteiger partial charge is 0.444 e. The Morgan fingerprint density at radius 2 is 2.15 bits per heavy atom. The van der Waals surface area contributed by atoms with Gasteiger partial charge in [-0.15, -0.1) is 11.3 Å². The predicted molar refractivity (Wildman–Crippen MR) is 84.1 cm³/mol. The monoisotopic (exact) mass is 357 g/mol. The molecule has 0 radical (unpaired) electrons. The molecule has 2 aliphatic rings. The Bertz CT molecular complexity index is 530. The van der Waals surface area contributed by atoms with Gasteiger partial charge in [0, 0.05) is 11.4 Å². The lowest BCUT2D eigenvalue weighted by molar-refractivity contribution is 0.0122. The molecule has 1 aromatic heterocycles. The third-order valence-electron chi connectivity index (χ3n) is 3.73. The zero-order chi connectivity index (χ0) is 14.5. The molecule has 3 nitrogen and oxygen atoms in total. The minimum Gasteiger partial charge on any atom is -0.444 e. The van der Waals surface area contributed by atoms with Crippen molar-refractivity contribution in [2.75, 3.05) is 6.54 Å². The number of hydrogen-bond donors (Lipinski definition) is 0. The van der Waals surface area contributed by atoms with Crippen LogP contribution in [0.5, 0.6) is 0 Å². The Kier molecular flexibility index (Phi) is 3.61. The molecule has 0 saturated heterocycles. The number of thiophene rings is 1. The molecule has 1 unspecified atom stereocenters. The average Bonchev–Trinajstić information content (AvgIpc) is 3.06. The van der Waals surface area contributed by atoms with Crippen molar-refractivity contribution >= 4 is 33.4 Å². The highest BCUT2D eigenvalue weighted by atomic mass is 79.9. The normalized spacial score (nSPS) is 22.6. The van der Waals surface area contributed by atoms with E-state index in [2.05, 4.69) is 22.0 Å². The molecule has 1 aliphatic heterocycles. The molecule has 1 saturated carbocycles. The van der Waals surface area contributed by atoms with Crippen molar-refractivity contribution in [3.8, 4) is 0 Å². The summed E-state index contributed by atoms with van der Waals surface area (Å²) in [5, 5.41) is 0. The van der Waals surface area contributed by atoms with Crippen molar-refractivity contribution < 1.29 is 9.53 Å². The number of fused-ring (bicyclic) bond motifs is 1. The highest BCUT2D eigenvalue weighted by molar-refractivity contribution is 9.11. The molecule has 3 rings (SSSR count). The fourth-order valence-corrected chi connectivity index (χ4v) is 4.72. The quantitative estimate of drug-likeness (QED) is 0.725. The van der Waals surface area contributed by atoms with E-state index >= 15 is 0 Å². The van der Waals surface area contributed by atoms with Crippen molar-refractivity contribution in [1.82, 2.24) is 4.90 Å². The highest BCUT2D eigenvalue weighted by Crippen LogP contribution is 2.50. The van der Waals surface area contributed by atoms with Gasteiger partial charge in [-0.1, -0.05) is 0 Å². The summed E-state index contributed by atoms with van der Waals surface area (Å²) in [5.41, 5.74) is 0.972. The molecule has 110 valence electrons. The van der Waals surface area contributed by atoms with Crippen molar-refractivity contribution in [2.24, 2.45) is 5.92 Å². The van der Waals surface area contributed by atoms with E-state index in [1.165, 1.54) is 27.1 Å². The number of ether oxygens (including phenoxy) is 1. The second kappa shape index (κ2) is 5.02. The second-order valence-electron chi connectivity index (χ2n) is 6.65. The van der Waals surface area contributed by atoms with Gasteiger partial charge in [0.25, 0.3) is 0 Å². The number of carbonyl (C=O) groups excluding carboxylic acids is 1. The molecule has 0 spiro atoms. The molecule has 0 N–H and O–H groups in total. The Balaban J connectivity index is 1.87. The van der Waals surface area contributed by atoms with Gasteiger partial charge in [-0.05, 0) is 73.5 Å². The molecule has 1 fully saturated rings. The van der Waals surface area contributed by atoms with Crippen LogP contribution in [0.25, 0.3) is 0 Å². The fraction of sp³-hybridized carbons (Fsp3) is 0.667. The summed E-state index contributed by atoms with van der Waals surface area (Å²) in [6, 6.07) is 2.44. The van der Waals surface area contributed by atoms with Crippen LogP contribution in [0.2, 0.25) is 0 Å². The first-order chi connectivity index (χ1) is 9.35. The molecule has 1 atom stereocenters. The van der Waals surface area contributed by atoms with Crippen LogP contribution in [0.4, 0.5) is 4.79 Å². The lowest BCUT2D eigenvalue weighted by Crippen LogP contribution is -2.43.